The largest absolute Gasteiger partial charge is 0.325 e. The van der Waals surface area contributed by atoms with Crippen LogP contribution in [0.25, 0.3) is 0 Å². The van der Waals surface area contributed by atoms with E-state index in [-0.39, 0.29) is 29.2 Å². The number of nitro groups is 1. The van der Waals surface area contributed by atoms with Gasteiger partial charge < -0.3 is 4.90 Å². The van der Waals surface area contributed by atoms with Gasteiger partial charge in [-0.2, -0.15) is 0 Å². The van der Waals surface area contributed by atoms with Crippen molar-refractivity contribution in [1.82, 2.24) is 4.90 Å². The van der Waals surface area contributed by atoms with Crippen LogP contribution in [0.2, 0.25) is 0 Å². The number of carbonyl (C=O) groups excluding carboxylic acids is 1. The maximum atomic E-state index is 13.7. The molecule has 0 bridgehead atoms. The standard InChI is InChI=1S/C17H15FN2O3S/c18-15-4-2-1-3-13(15)11-16(21)19-9-10-24-17(19)12-5-7-14(8-6-12)20(22)23/h1-8,17H,9-11H2. The van der Waals surface area contributed by atoms with Gasteiger partial charge in [-0.1, -0.05) is 18.2 Å². The molecule has 2 aromatic carbocycles. The van der Waals surface area contributed by atoms with E-state index in [0.717, 1.165) is 11.3 Å². The fraction of sp³-hybridized carbons (Fsp3) is 0.235. The number of thioether (sulfide) groups is 1. The molecule has 1 saturated heterocycles. The van der Waals surface area contributed by atoms with Crippen LogP contribution in [0.5, 0.6) is 0 Å². The van der Waals surface area contributed by atoms with Crippen molar-refractivity contribution in [2.45, 2.75) is 11.8 Å². The SMILES string of the molecule is O=C(Cc1ccccc1F)N1CCSC1c1ccc([N+](=O)[O-])cc1. The van der Waals surface area contributed by atoms with Crippen LogP contribution < -0.4 is 0 Å². The number of rotatable bonds is 4. The minimum Gasteiger partial charge on any atom is -0.325 e. The molecule has 3 rings (SSSR count). The lowest BCUT2D eigenvalue weighted by atomic mass is 10.1. The second kappa shape index (κ2) is 7.00. The monoisotopic (exact) mass is 346 g/mol. The average Bonchev–Trinajstić information content (AvgIpc) is 3.07. The van der Waals surface area contributed by atoms with Crippen LogP contribution in [0.4, 0.5) is 10.1 Å². The number of non-ortho nitro benzene ring substituents is 1. The molecule has 1 aliphatic rings. The fourth-order valence-electron chi connectivity index (χ4n) is 2.67. The third-order valence-electron chi connectivity index (χ3n) is 3.90. The molecular weight excluding hydrogens is 331 g/mol. The van der Waals surface area contributed by atoms with Gasteiger partial charge in [0.2, 0.25) is 5.91 Å². The number of carbonyl (C=O) groups is 1. The summed E-state index contributed by atoms with van der Waals surface area (Å²) < 4.78 is 13.7. The molecule has 0 radical (unpaired) electrons. The zero-order valence-corrected chi connectivity index (χ0v) is 13.5. The molecule has 1 aliphatic heterocycles. The topological polar surface area (TPSA) is 63.5 Å². The summed E-state index contributed by atoms with van der Waals surface area (Å²) >= 11 is 1.60. The van der Waals surface area contributed by atoms with E-state index in [0.29, 0.717) is 12.1 Å². The van der Waals surface area contributed by atoms with Crippen LogP contribution in [-0.2, 0) is 11.2 Å². The molecule has 7 heteroatoms. The Bertz CT molecular complexity index is 767. The molecule has 24 heavy (non-hydrogen) atoms. The third-order valence-corrected chi connectivity index (χ3v) is 5.16. The van der Waals surface area contributed by atoms with Crippen molar-refractivity contribution in [2.75, 3.05) is 12.3 Å². The van der Waals surface area contributed by atoms with Crippen molar-refractivity contribution in [2.24, 2.45) is 0 Å². The van der Waals surface area contributed by atoms with Crippen molar-refractivity contribution >= 4 is 23.4 Å². The summed E-state index contributed by atoms with van der Waals surface area (Å²) in [6.07, 6.45) is 0.0106. The Morgan fingerprint density at radius 2 is 1.96 bits per heavy atom. The number of halogens is 1. The van der Waals surface area contributed by atoms with E-state index in [1.165, 1.54) is 18.2 Å². The normalized spacial score (nSPS) is 17.0. The first-order valence-electron chi connectivity index (χ1n) is 7.45. The van der Waals surface area contributed by atoms with Gasteiger partial charge in [-0.05, 0) is 29.3 Å². The molecule has 1 unspecified atom stereocenters. The van der Waals surface area contributed by atoms with Gasteiger partial charge in [0.25, 0.3) is 5.69 Å². The summed E-state index contributed by atoms with van der Waals surface area (Å²) in [7, 11) is 0. The molecule has 1 amide bonds. The summed E-state index contributed by atoms with van der Waals surface area (Å²) in [5.74, 6) is 0.253. The van der Waals surface area contributed by atoms with Gasteiger partial charge in [-0.25, -0.2) is 4.39 Å². The van der Waals surface area contributed by atoms with Crippen molar-refractivity contribution in [3.63, 3.8) is 0 Å². The van der Waals surface area contributed by atoms with E-state index in [9.17, 15) is 19.3 Å². The lowest BCUT2D eigenvalue weighted by Crippen LogP contribution is -2.31. The van der Waals surface area contributed by atoms with Crippen LogP contribution in [0.15, 0.2) is 48.5 Å². The minimum atomic E-state index is -0.452. The van der Waals surface area contributed by atoms with Crippen molar-refractivity contribution in [3.8, 4) is 0 Å². The molecule has 0 aliphatic carbocycles. The van der Waals surface area contributed by atoms with Gasteiger partial charge in [-0.15, -0.1) is 11.8 Å². The highest BCUT2D eigenvalue weighted by atomic mass is 32.2. The zero-order chi connectivity index (χ0) is 17.1. The first kappa shape index (κ1) is 16.4. The van der Waals surface area contributed by atoms with Gasteiger partial charge >= 0.3 is 0 Å². The fourth-order valence-corrected chi connectivity index (χ4v) is 3.95. The first-order valence-corrected chi connectivity index (χ1v) is 8.50. The van der Waals surface area contributed by atoms with Crippen LogP contribution >= 0.6 is 11.8 Å². The second-order valence-corrected chi connectivity index (χ2v) is 6.62. The smallest absolute Gasteiger partial charge is 0.269 e. The number of nitrogens with zero attached hydrogens (tertiary/aromatic N) is 2. The number of amides is 1. The summed E-state index contributed by atoms with van der Waals surface area (Å²) in [4.78, 5) is 24.6. The predicted molar refractivity (Wildman–Crippen MR) is 90.1 cm³/mol. The predicted octanol–water partition coefficient (Wildman–Crippen LogP) is 3.55. The molecule has 124 valence electrons. The molecular formula is C17H15FN2O3S. The lowest BCUT2D eigenvalue weighted by Gasteiger charge is -2.24. The molecule has 0 spiro atoms. The number of hydrogen-bond acceptors (Lipinski definition) is 4. The quantitative estimate of drug-likeness (QED) is 0.627. The van der Waals surface area contributed by atoms with E-state index in [4.69, 9.17) is 0 Å². The molecule has 5 nitrogen and oxygen atoms in total. The van der Waals surface area contributed by atoms with Crippen LogP contribution in [-0.4, -0.2) is 28.0 Å². The highest BCUT2D eigenvalue weighted by Gasteiger charge is 2.31. The summed E-state index contributed by atoms with van der Waals surface area (Å²) in [5, 5.41) is 10.6. The van der Waals surface area contributed by atoms with E-state index in [1.807, 2.05) is 0 Å². The first-order chi connectivity index (χ1) is 11.6. The van der Waals surface area contributed by atoms with Gasteiger partial charge in [0.05, 0.1) is 11.3 Å². The minimum absolute atomic E-state index is 0.0106. The molecule has 0 aromatic heterocycles. The summed E-state index contributed by atoms with van der Waals surface area (Å²) in [6, 6.07) is 12.5. The Balaban J connectivity index is 1.76. The third kappa shape index (κ3) is 3.41. The Kier molecular flexibility index (Phi) is 4.80. The van der Waals surface area contributed by atoms with E-state index in [2.05, 4.69) is 0 Å². The Morgan fingerprint density at radius 3 is 2.62 bits per heavy atom. The highest BCUT2D eigenvalue weighted by Crippen LogP contribution is 2.38. The van der Waals surface area contributed by atoms with E-state index >= 15 is 0 Å². The van der Waals surface area contributed by atoms with Crippen LogP contribution in [0.1, 0.15) is 16.5 Å². The van der Waals surface area contributed by atoms with Crippen molar-refractivity contribution < 1.29 is 14.1 Å². The van der Waals surface area contributed by atoms with Crippen molar-refractivity contribution in [1.29, 1.82) is 0 Å². The molecule has 0 N–H and O–H groups in total. The number of benzene rings is 2. The molecule has 1 fully saturated rings. The second-order valence-electron chi connectivity index (χ2n) is 5.43. The average molecular weight is 346 g/mol. The molecule has 2 aromatic rings. The molecule has 1 atom stereocenters. The van der Waals surface area contributed by atoms with Crippen LogP contribution in [0.3, 0.4) is 0 Å². The van der Waals surface area contributed by atoms with Crippen LogP contribution in [0, 0.1) is 15.9 Å². The Labute approximate surface area is 142 Å². The number of nitro benzene ring substituents is 1. The maximum Gasteiger partial charge on any atom is 0.269 e. The van der Waals surface area contributed by atoms with Gasteiger partial charge in [-0.3, -0.25) is 14.9 Å². The van der Waals surface area contributed by atoms with E-state index < -0.39 is 4.92 Å². The molecule has 0 saturated carbocycles. The maximum absolute atomic E-state index is 13.7. The van der Waals surface area contributed by atoms with Gasteiger partial charge in [0.1, 0.15) is 11.2 Å². The Morgan fingerprint density at radius 1 is 1.25 bits per heavy atom. The van der Waals surface area contributed by atoms with E-state index in [1.54, 1.807) is 47.0 Å². The van der Waals surface area contributed by atoms with Gasteiger partial charge in [0.15, 0.2) is 0 Å². The lowest BCUT2D eigenvalue weighted by molar-refractivity contribution is -0.384. The van der Waals surface area contributed by atoms with Gasteiger partial charge in [0, 0.05) is 24.4 Å². The number of hydrogen-bond donors (Lipinski definition) is 0. The molecule has 1 heterocycles. The summed E-state index contributed by atoms with van der Waals surface area (Å²) in [6.45, 7) is 0.583. The summed E-state index contributed by atoms with van der Waals surface area (Å²) in [5.41, 5.74) is 1.23. The highest BCUT2D eigenvalue weighted by molar-refractivity contribution is 7.99. The van der Waals surface area contributed by atoms with Crippen molar-refractivity contribution in [3.05, 3.63) is 75.6 Å². The zero-order valence-electron chi connectivity index (χ0n) is 12.7. The Hall–Kier alpha value is -2.41.